The zero-order chi connectivity index (χ0) is 13.3. The van der Waals surface area contributed by atoms with E-state index in [0.29, 0.717) is 25.9 Å². The molecule has 0 saturated carbocycles. The minimum atomic E-state index is -0.973. The largest absolute Gasteiger partial charge is 0.480 e. The van der Waals surface area contributed by atoms with Crippen molar-refractivity contribution in [1.29, 1.82) is 0 Å². The third kappa shape index (κ3) is 8.68. The van der Waals surface area contributed by atoms with Crippen molar-refractivity contribution < 1.29 is 19.4 Å². The molecule has 100 valence electrons. The maximum atomic E-state index is 11.4. The van der Waals surface area contributed by atoms with Gasteiger partial charge in [0.1, 0.15) is 6.04 Å². The average molecular weight is 245 g/mol. The molecule has 0 aliphatic rings. The molecule has 0 fully saturated rings. The third-order valence-electron chi connectivity index (χ3n) is 2.21. The van der Waals surface area contributed by atoms with Gasteiger partial charge in [0.25, 0.3) is 0 Å². The van der Waals surface area contributed by atoms with Gasteiger partial charge in [-0.25, -0.2) is 4.79 Å². The number of hydrogen-bond donors (Lipinski definition) is 2. The zero-order valence-electron chi connectivity index (χ0n) is 10.9. The first-order valence-electron chi connectivity index (χ1n) is 6.11. The lowest BCUT2D eigenvalue weighted by molar-refractivity contribution is -0.142. The van der Waals surface area contributed by atoms with Crippen LogP contribution in [0.15, 0.2) is 0 Å². The minimum Gasteiger partial charge on any atom is -0.480 e. The standard InChI is InChI=1S/C12H23NO4/c1-4-6-10(12(15)16)13-11(14)7-5-8-17-9(2)3/h9-10H,4-8H2,1-3H3,(H,13,14)(H,15,16). The van der Waals surface area contributed by atoms with Crippen molar-refractivity contribution in [3.63, 3.8) is 0 Å². The van der Waals surface area contributed by atoms with Gasteiger partial charge in [0.2, 0.25) is 5.91 Å². The van der Waals surface area contributed by atoms with E-state index >= 15 is 0 Å². The molecule has 0 bridgehead atoms. The van der Waals surface area contributed by atoms with E-state index in [2.05, 4.69) is 5.32 Å². The Balaban J connectivity index is 3.78. The Morgan fingerprint density at radius 2 is 2.00 bits per heavy atom. The topological polar surface area (TPSA) is 75.6 Å². The van der Waals surface area contributed by atoms with Gasteiger partial charge in [0, 0.05) is 13.0 Å². The Morgan fingerprint density at radius 1 is 1.35 bits per heavy atom. The highest BCUT2D eigenvalue weighted by Crippen LogP contribution is 1.99. The molecule has 0 aromatic heterocycles. The van der Waals surface area contributed by atoms with Crippen molar-refractivity contribution in [2.75, 3.05) is 6.61 Å². The lowest BCUT2D eigenvalue weighted by Crippen LogP contribution is -2.40. The highest BCUT2D eigenvalue weighted by Gasteiger charge is 2.18. The predicted octanol–water partition coefficient (Wildman–Crippen LogP) is 1.56. The maximum Gasteiger partial charge on any atom is 0.326 e. The van der Waals surface area contributed by atoms with Gasteiger partial charge in [-0.3, -0.25) is 4.79 Å². The first-order valence-corrected chi connectivity index (χ1v) is 6.11. The molecule has 0 rings (SSSR count). The molecule has 2 N–H and O–H groups in total. The summed E-state index contributed by atoms with van der Waals surface area (Å²) in [5, 5.41) is 11.4. The lowest BCUT2D eigenvalue weighted by Gasteiger charge is -2.13. The second-order valence-corrected chi connectivity index (χ2v) is 4.27. The molecule has 0 aromatic carbocycles. The summed E-state index contributed by atoms with van der Waals surface area (Å²) in [6, 6.07) is -0.765. The van der Waals surface area contributed by atoms with Crippen molar-refractivity contribution in [3.05, 3.63) is 0 Å². The van der Waals surface area contributed by atoms with Crippen molar-refractivity contribution in [1.82, 2.24) is 5.32 Å². The first-order chi connectivity index (χ1) is 7.97. The summed E-state index contributed by atoms with van der Waals surface area (Å²) in [5.41, 5.74) is 0. The lowest BCUT2D eigenvalue weighted by atomic mass is 10.1. The minimum absolute atomic E-state index is 0.157. The van der Waals surface area contributed by atoms with Gasteiger partial charge < -0.3 is 15.2 Å². The Kier molecular flexibility index (Phi) is 8.40. The molecule has 0 spiro atoms. The number of aliphatic carboxylic acids is 1. The summed E-state index contributed by atoms with van der Waals surface area (Å²) in [4.78, 5) is 22.3. The van der Waals surface area contributed by atoms with Gasteiger partial charge >= 0.3 is 5.97 Å². The summed E-state index contributed by atoms with van der Waals surface area (Å²) in [5.74, 6) is -1.20. The van der Waals surface area contributed by atoms with E-state index in [9.17, 15) is 9.59 Å². The van der Waals surface area contributed by atoms with Crippen LogP contribution < -0.4 is 5.32 Å². The van der Waals surface area contributed by atoms with Crippen molar-refractivity contribution in [3.8, 4) is 0 Å². The van der Waals surface area contributed by atoms with E-state index < -0.39 is 12.0 Å². The fourth-order valence-electron chi connectivity index (χ4n) is 1.36. The van der Waals surface area contributed by atoms with Gasteiger partial charge in [-0.05, 0) is 26.7 Å². The van der Waals surface area contributed by atoms with Crippen LogP contribution in [0.5, 0.6) is 0 Å². The molecular weight excluding hydrogens is 222 g/mol. The number of amides is 1. The molecule has 0 aliphatic carbocycles. The highest BCUT2D eigenvalue weighted by atomic mass is 16.5. The van der Waals surface area contributed by atoms with Gasteiger partial charge in [-0.1, -0.05) is 13.3 Å². The Labute approximate surface area is 103 Å². The van der Waals surface area contributed by atoms with Gasteiger partial charge in [-0.2, -0.15) is 0 Å². The summed E-state index contributed by atoms with van der Waals surface area (Å²) >= 11 is 0. The van der Waals surface area contributed by atoms with Crippen LogP contribution in [-0.4, -0.2) is 35.7 Å². The number of nitrogens with one attached hydrogen (secondary N) is 1. The molecule has 0 aromatic rings. The van der Waals surface area contributed by atoms with Crippen LogP contribution in [0.1, 0.15) is 46.5 Å². The highest BCUT2D eigenvalue weighted by molar-refractivity contribution is 5.83. The molecule has 1 atom stereocenters. The number of carboxylic acid groups (broad SMARTS) is 1. The molecule has 17 heavy (non-hydrogen) atoms. The summed E-state index contributed by atoms with van der Waals surface area (Å²) in [6.07, 6.45) is 2.27. The van der Waals surface area contributed by atoms with E-state index in [-0.39, 0.29) is 12.0 Å². The van der Waals surface area contributed by atoms with E-state index in [1.54, 1.807) is 0 Å². The number of carboxylic acids is 1. The second-order valence-electron chi connectivity index (χ2n) is 4.27. The summed E-state index contributed by atoms with van der Waals surface area (Å²) in [7, 11) is 0. The summed E-state index contributed by atoms with van der Waals surface area (Å²) in [6.45, 7) is 6.28. The zero-order valence-corrected chi connectivity index (χ0v) is 10.9. The monoisotopic (exact) mass is 245 g/mol. The third-order valence-corrected chi connectivity index (χ3v) is 2.21. The van der Waals surface area contributed by atoms with Crippen LogP contribution in [0.4, 0.5) is 0 Å². The number of hydrogen-bond acceptors (Lipinski definition) is 3. The fraction of sp³-hybridized carbons (Fsp3) is 0.833. The number of carbonyl (C=O) groups excluding carboxylic acids is 1. The first kappa shape index (κ1) is 15.9. The van der Waals surface area contributed by atoms with Gasteiger partial charge in [-0.15, -0.1) is 0 Å². The smallest absolute Gasteiger partial charge is 0.326 e. The van der Waals surface area contributed by atoms with Crippen LogP contribution in [0.25, 0.3) is 0 Å². The van der Waals surface area contributed by atoms with Crippen LogP contribution in [0.2, 0.25) is 0 Å². The van der Waals surface area contributed by atoms with Crippen molar-refractivity contribution in [2.45, 2.75) is 58.6 Å². The van der Waals surface area contributed by atoms with E-state index in [1.807, 2.05) is 20.8 Å². The molecule has 1 unspecified atom stereocenters. The van der Waals surface area contributed by atoms with E-state index in [0.717, 1.165) is 6.42 Å². The Morgan fingerprint density at radius 3 is 2.47 bits per heavy atom. The molecular formula is C12H23NO4. The number of carbonyl (C=O) groups is 2. The Bertz CT molecular complexity index is 241. The molecule has 0 radical (unpaired) electrons. The van der Waals surface area contributed by atoms with Crippen molar-refractivity contribution in [2.24, 2.45) is 0 Å². The van der Waals surface area contributed by atoms with Crippen LogP contribution in [-0.2, 0) is 14.3 Å². The normalized spacial score (nSPS) is 12.5. The van der Waals surface area contributed by atoms with Crippen LogP contribution >= 0.6 is 0 Å². The molecule has 0 aliphatic heterocycles. The maximum absolute atomic E-state index is 11.4. The number of ether oxygens (including phenoxy) is 1. The molecule has 5 nitrogen and oxygen atoms in total. The van der Waals surface area contributed by atoms with Gasteiger partial charge in [0.05, 0.1) is 6.10 Å². The SMILES string of the molecule is CCCC(NC(=O)CCCOC(C)C)C(=O)O. The molecule has 1 amide bonds. The molecule has 0 heterocycles. The van der Waals surface area contributed by atoms with Crippen molar-refractivity contribution >= 4 is 11.9 Å². The van der Waals surface area contributed by atoms with Crippen LogP contribution in [0.3, 0.4) is 0 Å². The average Bonchev–Trinajstić information content (AvgIpc) is 2.23. The molecule has 0 saturated heterocycles. The second kappa shape index (κ2) is 8.98. The van der Waals surface area contributed by atoms with E-state index in [1.165, 1.54) is 0 Å². The molecule has 5 heteroatoms. The fourth-order valence-corrected chi connectivity index (χ4v) is 1.36. The quantitative estimate of drug-likeness (QED) is 0.604. The van der Waals surface area contributed by atoms with E-state index in [4.69, 9.17) is 9.84 Å². The number of rotatable bonds is 9. The summed E-state index contributed by atoms with van der Waals surface area (Å²) < 4.78 is 5.30. The predicted molar refractivity (Wildman–Crippen MR) is 64.8 cm³/mol. The van der Waals surface area contributed by atoms with Gasteiger partial charge in [0.15, 0.2) is 0 Å². The Hall–Kier alpha value is -1.10. The van der Waals surface area contributed by atoms with Crippen LogP contribution in [0, 0.1) is 0 Å².